The van der Waals surface area contributed by atoms with Crippen LogP contribution >= 0.6 is 0 Å². The van der Waals surface area contributed by atoms with Gasteiger partial charge < -0.3 is 10.2 Å². The van der Waals surface area contributed by atoms with Crippen molar-refractivity contribution in [3.63, 3.8) is 0 Å². The molecule has 0 aliphatic carbocycles. The largest absolute Gasteiger partial charge is 0.354 e. The van der Waals surface area contributed by atoms with Crippen LogP contribution in [-0.2, 0) is 16.3 Å². The molecule has 8 heteroatoms. The zero-order valence-electron chi connectivity index (χ0n) is 13.3. The predicted molar refractivity (Wildman–Crippen MR) is 86.8 cm³/mol. The molecule has 0 unspecified atom stereocenters. The van der Waals surface area contributed by atoms with Gasteiger partial charge in [0.1, 0.15) is 6.33 Å². The molecule has 0 bridgehead atoms. The van der Waals surface area contributed by atoms with E-state index in [0.717, 1.165) is 12.8 Å². The van der Waals surface area contributed by atoms with Gasteiger partial charge in [-0.05, 0) is 25.7 Å². The maximum atomic E-state index is 14.3. The van der Waals surface area contributed by atoms with Crippen molar-refractivity contribution in [2.75, 3.05) is 29.5 Å². The Labute approximate surface area is 136 Å². The molecule has 1 aromatic heterocycles. The lowest BCUT2D eigenvalue weighted by Crippen LogP contribution is -2.47. The van der Waals surface area contributed by atoms with Gasteiger partial charge in [-0.1, -0.05) is 6.92 Å². The first-order valence-corrected chi connectivity index (χ1v) is 10.0. The van der Waals surface area contributed by atoms with Crippen LogP contribution in [0.15, 0.2) is 6.33 Å². The Kier molecular flexibility index (Phi) is 4.82. The summed E-state index contributed by atoms with van der Waals surface area (Å²) in [5.74, 6) is 0.602. The summed E-state index contributed by atoms with van der Waals surface area (Å²) < 4.78 is 37.3. The van der Waals surface area contributed by atoms with Gasteiger partial charge in [-0.25, -0.2) is 22.8 Å². The monoisotopic (exact) mass is 342 g/mol. The molecule has 128 valence electrons. The van der Waals surface area contributed by atoms with Gasteiger partial charge in [0.05, 0.1) is 17.2 Å². The van der Waals surface area contributed by atoms with Crippen molar-refractivity contribution in [1.82, 2.24) is 15.3 Å². The Morgan fingerprint density at radius 2 is 2.00 bits per heavy atom. The third kappa shape index (κ3) is 3.80. The number of rotatable bonds is 4. The third-order valence-electron chi connectivity index (χ3n) is 4.68. The van der Waals surface area contributed by atoms with Gasteiger partial charge in [0.2, 0.25) is 0 Å². The van der Waals surface area contributed by atoms with Crippen LogP contribution in [-0.4, -0.2) is 55.1 Å². The topological polar surface area (TPSA) is 75.2 Å². The van der Waals surface area contributed by atoms with Crippen molar-refractivity contribution >= 4 is 15.7 Å². The minimum atomic E-state index is -2.85. The van der Waals surface area contributed by atoms with E-state index >= 15 is 0 Å². The van der Waals surface area contributed by atoms with E-state index in [9.17, 15) is 12.8 Å². The number of anilines is 1. The van der Waals surface area contributed by atoms with Crippen molar-refractivity contribution in [1.29, 1.82) is 0 Å². The fourth-order valence-electron chi connectivity index (χ4n) is 3.38. The Hall–Kier alpha value is -1.28. The van der Waals surface area contributed by atoms with Crippen molar-refractivity contribution in [2.45, 2.75) is 44.7 Å². The summed E-state index contributed by atoms with van der Waals surface area (Å²) in [7, 11) is -2.85. The highest BCUT2D eigenvalue weighted by atomic mass is 32.2. The summed E-state index contributed by atoms with van der Waals surface area (Å²) in [6.45, 7) is 3.31. The minimum Gasteiger partial charge on any atom is -0.354 e. The first-order valence-electron chi connectivity index (χ1n) is 8.19. The first-order chi connectivity index (χ1) is 11.0. The minimum absolute atomic E-state index is 0.0685. The van der Waals surface area contributed by atoms with Crippen LogP contribution in [0.2, 0.25) is 0 Å². The van der Waals surface area contributed by atoms with Gasteiger partial charge in [-0.3, -0.25) is 0 Å². The number of nitrogens with one attached hydrogen (secondary N) is 1. The standard InChI is InChI=1S/C15H23FN4O2S/c1-2-13-14(16)15(18-10-17-13)20-6-3-11(4-7-20)19-12-5-8-23(21,22)9-12/h10-12,19H,2-9H2,1H3/t12-/m1/s1. The van der Waals surface area contributed by atoms with Crippen LogP contribution in [0.5, 0.6) is 0 Å². The molecule has 0 spiro atoms. The van der Waals surface area contributed by atoms with E-state index in [0.29, 0.717) is 43.5 Å². The summed E-state index contributed by atoms with van der Waals surface area (Å²) in [5.41, 5.74) is 0.450. The number of aryl methyl sites for hydroxylation is 1. The van der Waals surface area contributed by atoms with E-state index in [1.54, 1.807) is 0 Å². The molecule has 2 aliphatic rings. The van der Waals surface area contributed by atoms with E-state index in [1.165, 1.54) is 6.33 Å². The van der Waals surface area contributed by atoms with Gasteiger partial charge in [-0.15, -0.1) is 0 Å². The normalized spacial score (nSPS) is 25.0. The van der Waals surface area contributed by atoms with E-state index in [4.69, 9.17) is 0 Å². The maximum absolute atomic E-state index is 14.3. The second-order valence-electron chi connectivity index (χ2n) is 6.34. The maximum Gasteiger partial charge on any atom is 0.187 e. The molecule has 0 saturated carbocycles. The molecule has 1 atom stereocenters. The second-order valence-corrected chi connectivity index (χ2v) is 8.57. The highest BCUT2D eigenvalue weighted by molar-refractivity contribution is 7.91. The molecule has 2 aliphatic heterocycles. The first kappa shape index (κ1) is 16.6. The van der Waals surface area contributed by atoms with E-state index in [2.05, 4.69) is 15.3 Å². The number of hydrogen-bond donors (Lipinski definition) is 1. The van der Waals surface area contributed by atoms with Gasteiger partial charge in [0.15, 0.2) is 21.5 Å². The molecule has 2 saturated heterocycles. The van der Waals surface area contributed by atoms with E-state index in [-0.39, 0.29) is 23.4 Å². The number of aromatic nitrogens is 2. The molecular weight excluding hydrogens is 319 g/mol. The summed E-state index contributed by atoms with van der Waals surface area (Å²) in [4.78, 5) is 10.0. The molecular formula is C15H23FN4O2S. The lowest BCUT2D eigenvalue weighted by Gasteiger charge is -2.34. The molecule has 6 nitrogen and oxygen atoms in total. The number of piperidine rings is 1. The quantitative estimate of drug-likeness (QED) is 0.877. The SMILES string of the molecule is CCc1ncnc(N2CCC(N[C@@H]3CCS(=O)(=O)C3)CC2)c1F. The van der Waals surface area contributed by atoms with Gasteiger partial charge in [0.25, 0.3) is 0 Å². The molecule has 3 rings (SSSR count). The van der Waals surface area contributed by atoms with Crippen LogP contribution in [0.1, 0.15) is 31.9 Å². The molecule has 1 N–H and O–H groups in total. The van der Waals surface area contributed by atoms with E-state index < -0.39 is 9.84 Å². The van der Waals surface area contributed by atoms with Crippen LogP contribution in [0, 0.1) is 5.82 Å². The molecule has 23 heavy (non-hydrogen) atoms. The lowest BCUT2D eigenvalue weighted by atomic mass is 10.0. The zero-order valence-corrected chi connectivity index (χ0v) is 14.1. The van der Waals surface area contributed by atoms with Crippen molar-refractivity contribution in [3.8, 4) is 0 Å². The molecule has 3 heterocycles. The highest BCUT2D eigenvalue weighted by Gasteiger charge is 2.31. The Morgan fingerprint density at radius 3 is 2.61 bits per heavy atom. The third-order valence-corrected chi connectivity index (χ3v) is 6.44. The van der Waals surface area contributed by atoms with Gasteiger partial charge in [0, 0.05) is 25.2 Å². The Bertz CT molecular complexity index is 659. The van der Waals surface area contributed by atoms with E-state index in [1.807, 2.05) is 11.8 Å². The summed E-state index contributed by atoms with van der Waals surface area (Å²) >= 11 is 0. The average Bonchev–Trinajstić information content (AvgIpc) is 2.87. The lowest BCUT2D eigenvalue weighted by molar-refractivity contribution is 0.376. The molecule has 0 amide bonds. The number of hydrogen-bond acceptors (Lipinski definition) is 6. The van der Waals surface area contributed by atoms with Gasteiger partial charge >= 0.3 is 0 Å². The Morgan fingerprint density at radius 1 is 1.26 bits per heavy atom. The number of halogens is 1. The summed E-state index contributed by atoms with van der Waals surface area (Å²) in [6, 6.07) is 0.360. The smallest absolute Gasteiger partial charge is 0.187 e. The van der Waals surface area contributed by atoms with Crippen LogP contribution in [0.3, 0.4) is 0 Å². The summed E-state index contributed by atoms with van der Waals surface area (Å²) in [6.07, 6.45) is 4.40. The molecule has 2 fully saturated rings. The van der Waals surface area contributed by atoms with Crippen molar-refractivity contribution in [2.24, 2.45) is 0 Å². The molecule has 0 radical (unpaired) electrons. The molecule has 0 aromatic carbocycles. The Balaban J connectivity index is 1.57. The van der Waals surface area contributed by atoms with Gasteiger partial charge in [-0.2, -0.15) is 0 Å². The fourth-order valence-corrected chi connectivity index (χ4v) is 5.07. The highest BCUT2D eigenvalue weighted by Crippen LogP contribution is 2.23. The summed E-state index contributed by atoms with van der Waals surface area (Å²) in [5, 5.41) is 3.45. The fraction of sp³-hybridized carbons (Fsp3) is 0.733. The average molecular weight is 342 g/mol. The second kappa shape index (κ2) is 6.68. The van der Waals surface area contributed by atoms with Crippen LogP contribution < -0.4 is 10.2 Å². The van der Waals surface area contributed by atoms with Crippen molar-refractivity contribution < 1.29 is 12.8 Å². The number of sulfone groups is 1. The number of nitrogens with zero attached hydrogens (tertiary/aromatic N) is 3. The molecule has 1 aromatic rings. The van der Waals surface area contributed by atoms with Crippen LogP contribution in [0.4, 0.5) is 10.2 Å². The predicted octanol–water partition coefficient (Wildman–Crippen LogP) is 0.924. The van der Waals surface area contributed by atoms with Crippen LogP contribution in [0.25, 0.3) is 0 Å². The zero-order chi connectivity index (χ0) is 16.4. The van der Waals surface area contributed by atoms with Crippen molar-refractivity contribution in [3.05, 3.63) is 17.8 Å².